The van der Waals surface area contributed by atoms with Crippen molar-refractivity contribution in [2.75, 3.05) is 13.7 Å². The molecule has 0 amide bonds. The molecule has 4 nitrogen and oxygen atoms in total. The molecule has 0 saturated heterocycles. The molecule has 5 heteroatoms. The summed E-state index contributed by atoms with van der Waals surface area (Å²) in [6.07, 6.45) is 1.80. The lowest BCUT2D eigenvalue weighted by atomic mass is 10.1. The van der Waals surface area contributed by atoms with E-state index in [-0.39, 0.29) is 23.5 Å². The zero-order valence-corrected chi connectivity index (χ0v) is 10.8. The third kappa shape index (κ3) is 3.81. The van der Waals surface area contributed by atoms with Crippen LogP contribution in [0.1, 0.15) is 18.9 Å². The summed E-state index contributed by atoms with van der Waals surface area (Å²) < 4.78 is 23.5. The number of rotatable bonds is 5. The molecule has 0 unspecified atom stereocenters. The van der Waals surface area contributed by atoms with Crippen molar-refractivity contribution in [3.63, 3.8) is 0 Å². The summed E-state index contributed by atoms with van der Waals surface area (Å²) in [5, 5.41) is 8.90. The van der Waals surface area contributed by atoms with Gasteiger partial charge in [0.05, 0.1) is 13.7 Å². The standard InChI is InChI=1S/C14H14FNO3/c1-3-7-19-14(17)11(9-16)8-10-5-4-6-12(18-2)13(10)15/h4-6,8H,3,7H2,1-2H3/b11-8+. The monoisotopic (exact) mass is 263 g/mol. The fourth-order valence-electron chi connectivity index (χ4n) is 1.36. The second-order valence-electron chi connectivity index (χ2n) is 3.67. The number of esters is 1. The molecule has 0 fully saturated rings. The van der Waals surface area contributed by atoms with Gasteiger partial charge in [-0.05, 0) is 18.6 Å². The third-order valence-corrected chi connectivity index (χ3v) is 2.29. The molecule has 1 aromatic carbocycles. The number of ether oxygens (including phenoxy) is 2. The van der Waals surface area contributed by atoms with Crippen LogP contribution in [0.25, 0.3) is 6.08 Å². The Morgan fingerprint density at radius 3 is 2.84 bits per heavy atom. The maximum absolute atomic E-state index is 13.9. The number of nitriles is 1. The molecule has 100 valence electrons. The van der Waals surface area contributed by atoms with E-state index in [1.807, 2.05) is 6.92 Å². The minimum Gasteiger partial charge on any atom is -0.494 e. The molecule has 0 radical (unpaired) electrons. The molecule has 0 atom stereocenters. The fourth-order valence-corrected chi connectivity index (χ4v) is 1.36. The van der Waals surface area contributed by atoms with Gasteiger partial charge in [-0.3, -0.25) is 0 Å². The highest BCUT2D eigenvalue weighted by molar-refractivity contribution is 5.97. The third-order valence-electron chi connectivity index (χ3n) is 2.29. The average molecular weight is 263 g/mol. The largest absolute Gasteiger partial charge is 0.494 e. The van der Waals surface area contributed by atoms with Crippen LogP contribution in [0, 0.1) is 17.1 Å². The molecule has 0 N–H and O–H groups in total. The quantitative estimate of drug-likeness (QED) is 0.465. The Morgan fingerprint density at radius 1 is 1.53 bits per heavy atom. The van der Waals surface area contributed by atoms with Crippen LogP contribution < -0.4 is 4.74 Å². The predicted molar refractivity (Wildman–Crippen MR) is 67.8 cm³/mol. The van der Waals surface area contributed by atoms with E-state index < -0.39 is 11.8 Å². The summed E-state index contributed by atoms with van der Waals surface area (Å²) in [5.41, 5.74) is -0.148. The molecule has 0 aliphatic carbocycles. The van der Waals surface area contributed by atoms with Gasteiger partial charge in [-0.15, -0.1) is 0 Å². The van der Waals surface area contributed by atoms with Gasteiger partial charge in [-0.25, -0.2) is 9.18 Å². The Kier molecular flexibility index (Phi) is 5.55. The van der Waals surface area contributed by atoms with E-state index in [0.717, 1.165) is 6.08 Å². The van der Waals surface area contributed by atoms with E-state index in [2.05, 4.69) is 0 Å². The number of benzene rings is 1. The Balaban J connectivity index is 3.05. The van der Waals surface area contributed by atoms with Crippen molar-refractivity contribution in [3.8, 4) is 11.8 Å². The minimum absolute atomic E-state index is 0.0490. The smallest absolute Gasteiger partial charge is 0.348 e. The zero-order chi connectivity index (χ0) is 14.3. The second-order valence-corrected chi connectivity index (χ2v) is 3.67. The predicted octanol–water partition coefficient (Wildman–Crippen LogP) is 2.69. The summed E-state index contributed by atoms with van der Waals surface area (Å²) in [6, 6.07) is 6.17. The van der Waals surface area contributed by atoms with Gasteiger partial charge in [-0.1, -0.05) is 19.1 Å². The van der Waals surface area contributed by atoms with Crippen LogP contribution in [-0.2, 0) is 9.53 Å². The molecule has 0 aliphatic rings. The fraction of sp³-hybridized carbons (Fsp3) is 0.286. The highest BCUT2D eigenvalue weighted by atomic mass is 19.1. The molecular formula is C14H14FNO3. The Hall–Kier alpha value is -2.35. The van der Waals surface area contributed by atoms with E-state index in [9.17, 15) is 9.18 Å². The number of carbonyl (C=O) groups excluding carboxylic acids is 1. The Bertz CT molecular complexity index is 532. The number of methoxy groups -OCH3 is 1. The lowest BCUT2D eigenvalue weighted by Gasteiger charge is -2.05. The first kappa shape index (κ1) is 14.7. The first-order chi connectivity index (χ1) is 9.13. The summed E-state index contributed by atoms with van der Waals surface area (Å²) in [7, 11) is 1.34. The van der Waals surface area contributed by atoms with Crippen LogP contribution in [0.15, 0.2) is 23.8 Å². The maximum Gasteiger partial charge on any atom is 0.348 e. The first-order valence-corrected chi connectivity index (χ1v) is 5.75. The number of hydrogen-bond donors (Lipinski definition) is 0. The summed E-state index contributed by atoms with van der Waals surface area (Å²) in [4.78, 5) is 11.5. The lowest BCUT2D eigenvalue weighted by molar-refractivity contribution is -0.138. The number of nitrogens with zero attached hydrogens (tertiary/aromatic N) is 1. The van der Waals surface area contributed by atoms with Crippen molar-refractivity contribution in [1.29, 1.82) is 5.26 Å². The number of hydrogen-bond acceptors (Lipinski definition) is 4. The molecule has 0 spiro atoms. The van der Waals surface area contributed by atoms with E-state index in [1.54, 1.807) is 12.1 Å². The van der Waals surface area contributed by atoms with Gasteiger partial charge in [0.1, 0.15) is 11.6 Å². The Morgan fingerprint density at radius 2 is 2.26 bits per heavy atom. The van der Waals surface area contributed by atoms with Gasteiger partial charge in [0, 0.05) is 5.56 Å². The number of carbonyl (C=O) groups is 1. The molecule has 1 rings (SSSR count). The Labute approximate surface area is 111 Å². The SMILES string of the molecule is CCCOC(=O)/C(C#N)=C/c1cccc(OC)c1F. The van der Waals surface area contributed by atoms with Crippen LogP contribution in [-0.4, -0.2) is 19.7 Å². The van der Waals surface area contributed by atoms with Crippen molar-refractivity contribution in [2.45, 2.75) is 13.3 Å². The normalized spacial score (nSPS) is 10.7. The molecule has 0 heterocycles. The van der Waals surface area contributed by atoms with Crippen LogP contribution >= 0.6 is 0 Å². The number of halogens is 1. The summed E-state index contributed by atoms with van der Waals surface area (Å²) >= 11 is 0. The van der Waals surface area contributed by atoms with Crippen molar-refractivity contribution in [3.05, 3.63) is 35.2 Å². The molecule has 0 saturated carbocycles. The highest BCUT2D eigenvalue weighted by Gasteiger charge is 2.13. The average Bonchev–Trinajstić information content (AvgIpc) is 2.43. The molecule has 0 bridgehead atoms. The van der Waals surface area contributed by atoms with Crippen LogP contribution in [0.3, 0.4) is 0 Å². The maximum atomic E-state index is 13.9. The van der Waals surface area contributed by atoms with Crippen LogP contribution in [0.2, 0.25) is 0 Å². The zero-order valence-electron chi connectivity index (χ0n) is 10.8. The molecule has 0 aliphatic heterocycles. The molecular weight excluding hydrogens is 249 g/mol. The second kappa shape index (κ2) is 7.17. The van der Waals surface area contributed by atoms with Crippen molar-refractivity contribution < 1.29 is 18.7 Å². The summed E-state index contributed by atoms with van der Waals surface area (Å²) in [6.45, 7) is 2.06. The minimum atomic E-state index is -0.758. The lowest BCUT2D eigenvalue weighted by Crippen LogP contribution is -2.07. The first-order valence-electron chi connectivity index (χ1n) is 5.75. The van der Waals surface area contributed by atoms with Gasteiger partial charge >= 0.3 is 5.97 Å². The van der Waals surface area contributed by atoms with Crippen molar-refractivity contribution in [1.82, 2.24) is 0 Å². The van der Waals surface area contributed by atoms with Gasteiger partial charge in [0.2, 0.25) is 0 Å². The summed E-state index contributed by atoms with van der Waals surface area (Å²) in [5.74, 6) is -1.33. The van der Waals surface area contributed by atoms with E-state index in [1.165, 1.54) is 19.2 Å². The van der Waals surface area contributed by atoms with E-state index in [0.29, 0.717) is 6.42 Å². The topological polar surface area (TPSA) is 59.3 Å². The van der Waals surface area contributed by atoms with Gasteiger partial charge in [0.15, 0.2) is 11.6 Å². The molecule has 1 aromatic rings. The highest BCUT2D eigenvalue weighted by Crippen LogP contribution is 2.22. The molecule has 0 aromatic heterocycles. The van der Waals surface area contributed by atoms with E-state index in [4.69, 9.17) is 14.7 Å². The van der Waals surface area contributed by atoms with Gasteiger partial charge < -0.3 is 9.47 Å². The van der Waals surface area contributed by atoms with Crippen LogP contribution in [0.4, 0.5) is 4.39 Å². The van der Waals surface area contributed by atoms with Gasteiger partial charge in [0.25, 0.3) is 0 Å². The van der Waals surface area contributed by atoms with Crippen molar-refractivity contribution in [2.24, 2.45) is 0 Å². The van der Waals surface area contributed by atoms with E-state index >= 15 is 0 Å². The molecule has 19 heavy (non-hydrogen) atoms. The van der Waals surface area contributed by atoms with Crippen molar-refractivity contribution >= 4 is 12.0 Å². The van der Waals surface area contributed by atoms with Gasteiger partial charge in [-0.2, -0.15) is 5.26 Å². The van der Waals surface area contributed by atoms with Crippen LogP contribution in [0.5, 0.6) is 5.75 Å².